The fourth-order valence-corrected chi connectivity index (χ4v) is 2.93. The molecule has 6 nitrogen and oxygen atoms in total. The molecule has 22 heavy (non-hydrogen) atoms. The average molecular weight is 342 g/mol. The Hall–Kier alpha value is -2.25. The molecule has 116 valence electrons. The van der Waals surface area contributed by atoms with Crippen molar-refractivity contribution in [1.29, 1.82) is 0 Å². The number of benzene rings is 2. The number of rotatable bonds is 5. The lowest BCUT2D eigenvalue weighted by Crippen LogP contribution is -2.14. The number of aromatic carboxylic acids is 1. The Balaban J connectivity index is 2.42. The number of ether oxygens (including phenoxy) is 1. The topological polar surface area (TPSA) is 92.7 Å². The smallest absolute Gasteiger partial charge is 0.335 e. The number of methoxy groups -OCH3 is 1. The Bertz CT molecular complexity index is 802. The van der Waals surface area contributed by atoms with Gasteiger partial charge in [-0.1, -0.05) is 11.6 Å². The summed E-state index contributed by atoms with van der Waals surface area (Å²) in [5.74, 6) is -0.961. The van der Waals surface area contributed by atoms with Gasteiger partial charge in [0.15, 0.2) is 0 Å². The van der Waals surface area contributed by atoms with Crippen LogP contribution in [0.4, 0.5) is 5.69 Å². The van der Waals surface area contributed by atoms with E-state index in [4.69, 9.17) is 21.4 Å². The van der Waals surface area contributed by atoms with Gasteiger partial charge in [-0.2, -0.15) is 0 Å². The molecule has 0 saturated carbocycles. The first-order chi connectivity index (χ1) is 10.3. The molecule has 0 heterocycles. The van der Waals surface area contributed by atoms with Gasteiger partial charge < -0.3 is 9.84 Å². The number of carbonyl (C=O) groups is 1. The highest BCUT2D eigenvalue weighted by atomic mass is 35.5. The molecule has 0 radical (unpaired) electrons. The number of anilines is 1. The van der Waals surface area contributed by atoms with Gasteiger partial charge in [-0.3, -0.25) is 4.72 Å². The quantitative estimate of drug-likeness (QED) is 0.872. The zero-order valence-corrected chi connectivity index (χ0v) is 13.0. The van der Waals surface area contributed by atoms with Crippen LogP contribution in [0.5, 0.6) is 5.75 Å². The molecule has 0 atom stereocenters. The molecule has 0 unspecified atom stereocenters. The Morgan fingerprint density at radius 1 is 1.18 bits per heavy atom. The normalized spacial score (nSPS) is 11.0. The molecule has 0 aliphatic heterocycles. The predicted octanol–water partition coefficient (Wildman–Crippen LogP) is 2.85. The fraction of sp³-hybridized carbons (Fsp3) is 0.0714. The lowest BCUT2D eigenvalue weighted by molar-refractivity contribution is 0.0697. The molecule has 0 aromatic heterocycles. The van der Waals surface area contributed by atoms with E-state index in [1.54, 1.807) is 0 Å². The van der Waals surface area contributed by atoms with E-state index in [9.17, 15) is 13.2 Å². The minimum absolute atomic E-state index is 0.000295. The molecule has 0 spiro atoms. The summed E-state index contributed by atoms with van der Waals surface area (Å²) in [6.07, 6.45) is 0. The number of nitrogens with one attached hydrogen (secondary N) is 1. The number of carboxylic acid groups (broad SMARTS) is 1. The predicted molar refractivity (Wildman–Crippen MR) is 82.2 cm³/mol. The van der Waals surface area contributed by atoms with Gasteiger partial charge in [-0.15, -0.1) is 0 Å². The standard InChI is InChI=1S/C14H12ClNO5S/c1-21-13-7-2-9(14(17)18)8-12(13)16-22(19,20)11-5-3-10(15)4-6-11/h2-8,16H,1H3,(H,17,18). The highest BCUT2D eigenvalue weighted by Gasteiger charge is 2.18. The molecule has 0 aliphatic rings. The zero-order chi connectivity index (χ0) is 16.3. The molecule has 0 fully saturated rings. The SMILES string of the molecule is COc1ccc(C(=O)O)cc1NS(=O)(=O)c1ccc(Cl)cc1. The summed E-state index contributed by atoms with van der Waals surface area (Å²) in [6, 6.07) is 9.47. The summed E-state index contributed by atoms with van der Waals surface area (Å²) in [7, 11) is -2.53. The van der Waals surface area contributed by atoms with Crippen LogP contribution in [0.15, 0.2) is 47.4 Å². The van der Waals surface area contributed by atoms with Crippen LogP contribution in [0.2, 0.25) is 5.02 Å². The average Bonchev–Trinajstić information content (AvgIpc) is 2.47. The van der Waals surface area contributed by atoms with Gasteiger partial charge in [0.1, 0.15) is 5.75 Å². The van der Waals surface area contributed by atoms with E-state index in [-0.39, 0.29) is 21.9 Å². The zero-order valence-electron chi connectivity index (χ0n) is 11.4. The molecule has 0 saturated heterocycles. The van der Waals surface area contributed by atoms with E-state index in [1.165, 1.54) is 49.6 Å². The second-order valence-electron chi connectivity index (χ2n) is 4.28. The largest absolute Gasteiger partial charge is 0.495 e. The van der Waals surface area contributed by atoms with Crippen LogP contribution < -0.4 is 9.46 Å². The molecular weight excluding hydrogens is 330 g/mol. The van der Waals surface area contributed by atoms with Crippen LogP contribution in [0.3, 0.4) is 0 Å². The summed E-state index contributed by atoms with van der Waals surface area (Å²) in [4.78, 5) is 11.0. The van der Waals surface area contributed by atoms with Crippen LogP contribution in [-0.2, 0) is 10.0 Å². The van der Waals surface area contributed by atoms with E-state index in [0.29, 0.717) is 5.02 Å². The van der Waals surface area contributed by atoms with Crippen molar-refractivity contribution < 1.29 is 23.1 Å². The van der Waals surface area contributed by atoms with Gasteiger partial charge in [0.25, 0.3) is 10.0 Å². The summed E-state index contributed by atoms with van der Waals surface area (Å²) in [5, 5.41) is 9.39. The van der Waals surface area contributed by atoms with Crippen LogP contribution in [-0.4, -0.2) is 26.6 Å². The summed E-state index contributed by atoms with van der Waals surface area (Å²) in [6.45, 7) is 0. The Labute approximate surface area is 132 Å². The van der Waals surface area contributed by atoms with Crippen molar-refractivity contribution >= 4 is 33.3 Å². The van der Waals surface area contributed by atoms with E-state index in [2.05, 4.69) is 4.72 Å². The summed E-state index contributed by atoms with van der Waals surface area (Å²) in [5.41, 5.74) is -0.0213. The molecule has 8 heteroatoms. The lowest BCUT2D eigenvalue weighted by Gasteiger charge is -2.12. The molecule has 2 rings (SSSR count). The first-order valence-corrected chi connectivity index (χ1v) is 7.89. The van der Waals surface area contributed by atoms with E-state index in [0.717, 1.165) is 0 Å². The van der Waals surface area contributed by atoms with Gasteiger partial charge in [-0.25, -0.2) is 13.2 Å². The van der Waals surface area contributed by atoms with Crippen LogP contribution >= 0.6 is 11.6 Å². The number of hydrogen-bond donors (Lipinski definition) is 2. The van der Waals surface area contributed by atoms with Crippen molar-refractivity contribution in [3.8, 4) is 5.75 Å². The molecule has 0 bridgehead atoms. The van der Waals surface area contributed by atoms with Crippen LogP contribution in [0, 0.1) is 0 Å². The minimum Gasteiger partial charge on any atom is -0.495 e. The van der Waals surface area contributed by atoms with E-state index in [1.807, 2.05) is 0 Å². The Morgan fingerprint density at radius 3 is 2.36 bits per heavy atom. The third-order valence-corrected chi connectivity index (χ3v) is 4.45. The molecular formula is C14H12ClNO5S. The molecule has 0 aliphatic carbocycles. The maximum absolute atomic E-state index is 12.3. The highest BCUT2D eigenvalue weighted by molar-refractivity contribution is 7.92. The third-order valence-electron chi connectivity index (χ3n) is 2.81. The number of carboxylic acids is 1. The maximum atomic E-state index is 12.3. The lowest BCUT2D eigenvalue weighted by atomic mass is 10.2. The number of halogens is 1. The van der Waals surface area contributed by atoms with Gasteiger partial charge >= 0.3 is 5.97 Å². The van der Waals surface area contributed by atoms with Crippen molar-refractivity contribution in [2.75, 3.05) is 11.8 Å². The van der Waals surface area contributed by atoms with Crippen molar-refractivity contribution in [1.82, 2.24) is 0 Å². The van der Waals surface area contributed by atoms with E-state index >= 15 is 0 Å². The van der Waals surface area contributed by atoms with Gasteiger partial charge in [0.05, 0.1) is 23.3 Å². The summed E-state index contributed by atoms with van der Waals surface area (Å²) < 4.78 is 32.0. The van der Waals surface area contributed by atoms with Crippen LogP contribution in [0.25, 0.3) is 0 Å². The van der Waals surface area contributed by atoms with Crippen molar-refractivity contribution in [3.63, 3.8) is 0 Å². The minimum atomic E-state index is -3.89. The molecule has 2 aromatic rings. The first-order valence-electron chi connectivity index (χ1n) is 6.03. The Kier molecular flexibility index (Phi) is 4.58. The second-order valence-corrected chi connectivity index (χ2v) is 6.40. The van der Waals surface area contributed by atoms with Gasteiger partial charge in [0.2, 0.25) is 0 Å². The van der Waals surface area contributed by atoms with Gasteiger partial charge in [0, 0.05) is 5.02 Å². The van der Waals surface area contributed by atoms with Crippen molar-refractivity contribution in [2.24, 2.45) is 0 Å². The number of hydrogen-bond acceptors (Lipinski definition) is 4. The van der Waals surface area contributed by atoms with Crippen molar-refractivity contribution in [3.05, 3.63) is 53.1 Å². The second kappa shape index (κ2) is 6.25. The molecule has 2 aromatic carbocycles. The highest BCUT2D eigenvalue weighted by Crippen LogP contribution is 2.28. The van der Waals surface area contributed by atoms with E-state index < -0.39 is 16.0 Å². The Morgan fingerprint density at radius 2 is 1.82 bits per heavy atom. The summed E-state index contributed by atoms with van der Waals surface area (Å²) >= 11 is 5.72. The maximum Gasteiger partial charge on any atom is 0.335 e. The third kappa shape index (κ3) is 3.49. The van der Waals surface area contributed by atoms with Crippen molar-refractivity contribution in [2.45, 2.75) is 4.90 Å². The molecule has 0 amide bonds. The van der Waals surface area contributed by atoms with Crippen LogP contribution in [0.1, 0.15) is 10.4 Å². The molecule has 2 N–H and O–H groups in total. The monoisotopic (exact) mass is 341 g/mol. The number of sulfonamides is 1. The first kappa shape index (κ1) is 16.1. The fourth-order valence-electron chi connectivity index (χ4n) is 1.74. The van der Waals surface area contributed by atoms with Gasteiger partial charge in [-0.05, 0) is 42.5 Å².